The molecule has 6 heteroatoms. The van der Waals surface area contributed by atoms with Gasteiger partial charge in [-0.2, -0.15) is 5.10 Å². The number of ether oxygens (including phenoxy) is 1. The Morgan fingerprint density at radius 3 is 2.89 bits per heavy atom. The molecule has 0 amide bonds. The quantitative estimate of drug-likeness (QED) is 0.811. The highest BCUT2D eigenvalue weighted by Crippen LogP contribution is 2.27. The van der Waals surface area contributed by atoms with Crippen molar-refractivity contribution in [3.8, 4) is 5.75 Å². The molecule has 0 bridgehead atoms. The second kappa shape index (κ2) is 5.52. The molecule has 4 nitrogen and oxygen atoms in total. The zero-order valence-electron chi connectivity index (χ0n) is 10.5. The standard InChI is InChI=1S/C13H12BrFN2O2/c1-3-17-12(10(19-2)7-16-17)13(18)8-5-4-6-9(15)11(8)14/h4-7H,3H2,1-2H3. The molecule has 1 aromatic heterocycles. The number of benzene rings is 1. The van der Waals surface area contributed by atoms with Crippen LogP contribution in [0.3, 0.4) is 0 Å². The lowest BCUT2D eigenvalue weighted by Gasteiger charge is -2.08. The summed E-state index contributed by atoms with van der Waals surface area (Å²) >= 11 is 3.09. The molecular formula is C13H12BrFN2O2. The number of ketones is 1. The van der Waals surface area contributed by atoms with E-state index in [9.17, 15) is 9.18 Å². The predicted octanol–water partition coefficient (Wildman–Crippen LogP) is 3.04. The van der Waals surface area contributed by atoms with E-state index in [0.29, 0.717) is 18.0 Å². The fraction of sp³-hybridized carbons (Fsp3) is 0.231. The number of halogens is 2. The largest absolute Gasteiger partial charge is 0.493 e. The summed E-state index contributed by atoms with van der Waals surface area (Å²) in [6.45, 7) is 2.39. The number of aryl methyl sites for hydroxylation is 1. The molecule has 0 aliphatic carbocycles. The van der Waals surface area contributed by atoms with E-state index >= 15 is 0 Å². The Bertz CT molecular complexity index is 604. The van der Waals surface area contributed by atoms with E-state index in [1.54, 1.807) is 6.07 Å². The van der Waals surface area contributed by atoms with Gasteiger partial charge in [0.05, 0.1) is 17.8 Å². The average molecular weight is 327 g/mol. The lowest BCUT2D eigenvalue weighted by Crippen LogP contribution is -2.12. The maximum atomic E-state index is 13.5. The first-order valence-electron chi connectivity index (χ1n) is 5.68. The maximum Gasteiger partial charge on any atom is 0.216 e. The normalized spacial score (nSPS) is 10.5. The Balaban J connectivity index is 2.55. The summed E-state index contributed by atoms with van der Waals surface area (Å²) in [7, 11) is 1.47. The molecule has 100 valence electrons. The molecule has 2 rings (SSSR count). The average Bonchev–Trinajstić information content (AvgIpc) is 2.84. The number of rotatable bonds is 4. The fourth-order valence-electron chi connectivity index (χ4n) is 1.79. The summed E-state index contributed by atoms with van der Waals surface area (Å²) in [6, 6.07) is 4.34. The van der Waals surface area contributed by atoms with Gasteiger partial charge in [0, 0.05) is 12.1 Å². The number of nitrogens with zero attached hydrogens (tertiary/aromatic N) is 2. The van der Waals surface area contributed by atoms with E-state index in [2.05, 4.69) is 21.0 Å². The van der Waals surface area contributed by atoms with Crippen LogP contribution in [0.25, 0.3) is 0 Å². The van der Waals surface area contributed by atoms with Gasteiger partial charge in [0.2, 0.25) is 5.78 Å². The molecular weight excluding hydrogens is 315 g/mol. The third-order valence-electron chi connectivity index (χ3n) is 2.74. The van der Waals surface area contributed by atoms with Crippen molar-refractivity contribution < 1.29 is 13.9 Å². The first kappa shape index (κ1) is 13.7. The van der Waals surface area contributed by atoms with Gasteiger partial charge in [-0.25, -0.2) is 4.39 Å². The van der Waals surface area contributed by atoms with Gasteiger partial charge in [-0.1, -0.05) is 6.07 Å². The fourth-order valence-corrected chi connectivity index (χ4v) is 2.24. The van der Waals surface area contributed by atoms with Crippen LogP contribution in [0, 0.1) is 5.82 Å². The Hall–Kier alpha value is -1.69. The van der Waals surface area contributed by atoms with E-state index in [1.165, 1.54) is 30.1 Å². The van der Waals surface area contributed by atoms with Gasteiger partial charge in [0.25, 0.3) is 0 Å². The second-order valence-corrected chi connectivity index (χ2v) is 4.60. The molecule has 0 unspecified atom stereocenters. The molecule has 19 heavy (non-hydrogen) atoms. The Morgan fingerprint density at radius 2 is 2.26 bits per heavy atom. The number of aromatic nitrogens is 2. The van der Waals surface area contributed by atoms with Crippen molar-refractivity contribution in [2.75, 3.05) is 7.11 Å². The third-order valence-corrected chi connectivity index (χ3v) is 3.54. The second-order valence-electron chi connectivity index (χ2n) is 3.81. The minimum atomic E-state index is -0.479. The molecule has 0 fully saturated rings. The summed E-state index contributed by atoms with van der Waals surface area (Å²) in [4.78, 5) is 12.5. The monoisotopic (exact) mass is 326 g/mol. The van der Waals surface area contributed by atoms with Crippen molar-refractivity contribution in [3.63, 3.8) is 0 Å². The van der Waals surface area contributed by atoms with Gasteiger partial charge in [0.1, 0.15) is 5.82 Å². The topological polar surface area (TPSA) is 44.1 Å². The minimum absolute atomic E-state index is 0.144. The minimum Gasteiger partial charge on any atom is -0.493 e. The van der Waals surface area contributed by atoms with Gasteiger partial charge in [-0.05, 0) is 35.0 Å². The van der Waals surface area contributed by atoms with Crippen LogP contribution < -0.4 is 4.74 Å². The van der Waals surface area contributed by atoms with Gasteiger partial charge in [-0.3, -0.25) is 9.48 Å². The lowest BCUT2D eigenvalue weighted by molar-refractivity contribution is 0.102. The van der Waals surface area contributed by atoms with Crippen LogP contribution in [-0.2, 0) is 6.54 Å². The summed E-state index contributed by atoms with van der Waals surface area (Å²) in [5.41, 5.74) is 0.560. The Kier molecular flexibility index (Phi) is 3.99. The first-order chi connectivity index (χ1) is 9.10. The Morgan fingerprint density at radius 1 is 1.53 bits per heavy atom. The number of carbonyl (C=O) groups is 1. The highest BCUT2D eigenvalue weighted by Gasteiger charge is 2.23. The molecule has 0 aliphatic heterocycles. The summed E-state index contributed by atoms with van der Waals surface area (Å²) < 4.78 is 20.3. The molecule has 0 N–H and O–H groups in total. The summed E-state index contributed by atoms with van der Waals surface area (Å²) in [6.07, 6.45) is 1.48. The van der Waals surface area contributed by atoms with Crippen LogP contribution in [0.1, 0.15) is 23.0 Å². The SMILES string of the molecule is CCn1ncc(OC)c1C(=O)c1cccc(F)c1Br. The van der Waals surface area contributed by atoms with E-state index in [-0.39, 0.29) is 15.8 Å². The van der Waals surface area contributed by atoms with Crippen LogP contribution >= 0.6 is 15.9 Å². The highest BCUT2D eigenvalue weighted by molar-refractivity contribution is 9.10. The molecule has 0 saturated heterocycles. The van der Waals surface area contributed by atoms with Crippen LogP contribution in [-0.4, -0.2) is 22.7 Å². The number of hydrogen-bond donors (Lipinski definition) is 0. The van der Waals surface area contributed by atoms with Crippen molar-refractivity contribution in [2.24, 2.45) is 0 Å². The van der Waals surface area contributed by atoms with Crippen molar-refractivity contribution in [1.29, 1.82) is 0 Å². The smallest absolute Gasteiger partial charge is 0.216 e. The van der Waals surface area contributed by atoms with Crippen LogP contribution in [0.4, 0.5) is 4.39 Å². The molecule has 0 atom stereocenters. The van der Waals surface area contributed by atoms with E-state index in [4.69, 9.17) is 4.74 Å². The van der Waals surface area contributed by atoms with Crippen molar-refractivity contribution in [2.45, 2.75) is 13.5 Å². The van der Waals surface area contributed by atoms with Crippen molar-refractivity contribution in [1.82, 2.24) is 9.78 Å². The maximum absolute atomic E-state index is 13.5. The van der Waals surface area contributed by atoms with Crippen LogP contribution in [0.15, 0.2) is 28.9 Å². The molecule has 0 radical (unpaired) electrons. The van der Waals surface area contributed by atoms with Gasteiger partial charge >= 0.3 is 0 Å². The molecule has 0 aliphatic rings. The highest BCUT2D eigenvalue weighted by atomic mass is 79.9. The summed E-state index contributed by atoms with van der Waals surface area (Å²) in [5, 5.41) is 4.07. The Labute approximate surface area is 118 Å². The van der Waals surface area contributed by atoms with Gasteiger partial charge in [-0.15, -0.1) is 0 Å². The summed E-state index contributed by atoms with van der Waals surface area (Å²) in [5.74, 6) is -0.432. The zero-order valence-corrected chi connectivity index (χ0v) is 12.1. The predicted molar refractivity (Wildman–Crippen MR) is 72.0 cm³/mol. The molecule has 2 aromatic rings. The van der Waals surface area contributed by atoms with Crippen LogP contribution in [0.2, 0.25) is 0 Å². The number of hydrogen-bond acceptors (Lipinski definition) is 3. The van der Waals surface area contributed by atoms with Crippen molar-refractivity contribution in [3.05, 3.63) is 45.9 Å². The molecule has 1 aromatic carbocycles. The van der Waals surface area contributed by atoms with E-state index in [1.807, 2.05) is 6.92 Å². The molecule has 1 heterocycles. The first-order valence-corrected chi connectivity index (χ1v) is 6.48. The zero-order chi connectivity index (χ0) is 14.0. The lowest BCUT2D eigenvalue weighted by atomic mass is 10.1. The molecule has 0 spiro atoms. The van der Waals surface area contributed by atoms with Gasteiger partial charge < -0.3 is 4.74 Å². The number of carbonyl (C=O) groups excluding carboxylic acids is 1. The van der Waals surface area contributed by atoms with Crippen molar-refractivity contribution >= 4 is 21.7 Å². The number of methoxy groups -OCH3 is 1. The van der Waals surface area contributed by atoms with E-state index in [0.717, 1.165) is 0 Å². The van der Waals surface area contributed by atoms with E-state index < -0.39 is 5.82 Å². The third kappa shape index (κ3) is 2.40. The molecule has 0 saturated carbocycles. The van der Waals surface area contributed by atoms with Gasteiger partial charge in [0.15, 0.2) is 11.4 Å². The van der Waals surface area contributed by atoms with Crippen LogP contribution in [0.5, 0.6) is 5.75 Å².